The number of carbonyl (C=O) groups is 12. The molecule has 0 aliphatic carbocycles. The number of esters is 6. The predicted molar refractivity (Wildman–Crippen MR) is 322 cm³/mol. The van der Waals surface area contributed by atoms with Gasteiger partial charge in [0, 0.05) is 75.9 Å². The molecule has 0 spiro atoms. The van der Waals surface area contributed by atoms with Crippen molar-refractivity contribution in [3.63, 3.8) is 0 Å². The summed E-state index contributed by atoms with van der Waals surface area (Å²) in [6.45, 7) is 3.49. The third-order valence-electron chi connectivity index (χ3n) is 13.7. The number of nitrogens with two attached hydrogens (primary N) is 8. The van der Waals surface area contributed by atoms with Gasteiger partial charge in [0.05, 0.1) is 21.2 Å². The van der Waals surface area contributed by atoms with Crippen molar-refractivity contribution in [3.05, 3.63) is 68.8 Å². The van der Waals surface area contributed by atoms with Gasteiger partial charge in [-0.2, -0.15) is 0 Å². The third-order valence-corrected chi connectivity index (χ3v) is 13.7. The van der Waals surface area contributed by atoms with E-state index in [1.54, 1.807) is 27.7 Å². The molecule has 10 atom stereocenters. The van der Waals surface area contributed by atoms with Crippen LogP contribution < -0.4 is 56.8 Å². The molecular formula is C56H80N14O26. The van der Waals surface area contributed by atoms with Crippen LogP contribution in [-0.2, 0) is 105 Å². The minimum atomic E-state index is -2.35. The molecule has 10 unspecified atom stereocenters. The number of nitro groups is 2. The summed E-state index contributed by atoms with van der Waals surface area (Å²) in [5, 5.41) is 23.8. The number of nitro benzene ring substituents is 2. The first kappa shape index (κ1) is 78.9. The SMILES string of the molecule is CC(C)CC(N)(OC(=O)C1CCCN1OC(=O)C(N)COC(=O)C(N)COC(=O)C(N)CC(=O)CCC(=O)CC(N)C(=O)OCC(N)C(=O)OCC(N)C(=O)ON1CCCC1C(=O)OC(N)(CC(C)C)C(=O)ONc1ccc([N+](=O)[O-])cc1)C(=O)ONc1ccc([N+](=O)[O-])cc1. The van der Waals surface area contributed by atoms with Crippen molar-refractivity contribution >= 4 is 94.0 Å². The number of rotatable bonds is 39. The Morgan fingerprint density at radius 2 is 0.781 bits per heavy atom. The molecule has 2 aliphatic heterocycles. The Balaban J connectivity index is 1.10. The van der Waals surface area contributed by atoms with Crippen molar-refractivity contribution in [2.75, 3.05) is 50.5 Å². The molecule has 2 fully saturated rings. The maximum atomic E-state index is 13.4. The van der Waals surface area contributed by atoms with Gasteiger partial charge >= 0.3 is 59.7 Å². The minimum absolute atomic E-state index is 0.00693. The second-order valence-electron chi connectivity index (χ2n) is 23.0. The number of Topliss-reactive ketones (excluding diaryl/α,β-unsaturated/α-hetero) is 2. The van der Waals surface area contributed by atoms with E-state index in [2.05, 4.69) is 11.0 Å². The van der Waals surface area contributed by atoms with E-state index in [1.807, 2.05) is 0 Å². The van der Waals surface area contributed by atoms with E-state index in [1.165, 1.54) is 24.3 Å². The third kappa shape index (κ3) is 25.0. The Kier molecular flexibility index (Phi) is 30.4. The summed E-state index contributed by atoms with van der Waals surface area (Å²) in [6.07, 6.45) is -1.89. The number of hydroxylamine groups is 4. The highest BCUT2D eigenvalue weighted by Gasteiger charge is 2.48. The van der Waals surface area contributed by atoms with E-state index >= 15 is 0 Å². The Labute approximate surface area is 546 Å². The smallest absolute Gasteiger partial charge is 0.390 e. The molecule has 18 N–H and O–H groups in total. The van der Waals surface area contributed by atoms with E-state index in [9.17, 15) is 77.8 Å². The first-order valence-electron chi connectivity index (χ1n) is 29.7. The first-order valence-corrected chi connectivity index (χ1v) is 29.7. The lowest BCUT2D eigenvalue weighted by Gasteiger charge is -2.31. The number of carbonyl (C=O) groups excluding carboxylic acids is 12. The fraction of sp³-hybridized carbons (Fsp3) is 0.571. The zero-order valence-electron chi connectivity index (χ0n) is 52.7. The van der Waals surface area contributed by atoms with Gasteiger partial charge in [-0.3, -0.25) is 70.1 Å². The van der Waals surface area contributed by atoms with Crippen molar-refractivity contribution in [3.8, 4) is 0 Å². The van der Waals surface area contributed by atoms with Gasteiger partial charge in [-0.1, -0.05) is 27.7 Å². The number of nitrogens with one attached hydrogen (secondary N) is 2. The topological polar surface area (TPSA) is 622 Å². The van der Waals surface area contributed by atoms with Gasteiger partial charge in [0.1, 0.15) is 86.3 Å². The van der Waals surface area contributed by atoms with Crippen LogP contribution in [0.15, 0.2) is 48.5 Å². The molecule has 2 saturated heterocycles. The summed E-state index contributed by atoms with van der Waals surface area (Å²) in [6, 6.07) is -2.71. The van der Waals surface area contributed by atoms with Crippen LogP contribution in [-0.4, -0.2) is 191 Å². The average molecular weight is 1370 g/mol. The van der Waals surface area contributed by atoms with E-state index < -0.39 is 193 Å². The number of anilines is 2. The summed E-state index contributed by atoms with van der Waals surface area (Å²) in [4.78, 5) is 196. The lowest BCUT2D eigenvalue weighted by molar-refractivity contribution is -0.385. The van der Waals surface area contributed by atoms with Crippen LogP contribution in [0.1, 0.15) is 91.9 Å². The Hall–Kier alpha value is -9.52. The van der Waals surface area contributed by atoms with Gasteiger partial charge in [0.15, 0.2) is 0 Å². The molecule has 2 aliphatic rings. The lowest BCUT2D eigenvalue weighted by atomic mass is 10.0. The minimum Gasteiger partial charge on any atom is -0.462 e. The number of benzene rings is 2. The molecule has 96 heavy (non-hydrogen) atoms. The lowest BCUT2D eigenvalue weighted by Crippen LogP contribution is -2.56. The average Bonchev–Trinajstić information content (AvgIpc) is 1.53. The van der Waals surface area contributed by atoms with Crippen molar-refractivity contribution in [1.29, 1.82) is 0 Å². The molecule has 2 heterocycles. The number of hydrogen-bond acceptors (Lipinski definition) is 38. The van der Waals surface area contributed by atoms with Crippen LogP contribution in [0.2, 0.25) is 0 Å². The zero-order chi connectivity index (χ0) is 71.8. The molecule has 40 nitrogen and oxygen atoms in total. The maximum absolute atomic E-state index is 13.4. The summed E-state index contributed by atoms with van der Waals surface area (Å²) in [5.74, 6) is -13.7. The monoisotopic (exact) mass is 1360 g/mol. The van der Waals surface area contributed by atoms with Gasteiger partial charge in [0.25, 0.3) is 22.8 Å². The summed E-state index contributed by atoms with van der Waals surface area (Å²) in [5.41, 5.74) is 47.1. The highest BCUT2D eigenvalue weighted by Crippen LogP contribution is 2.28. The normalized spacial score (nSPS) is 17.8. The fourth-order valence-electron chi connectivity index (χ4n) is 8.79. The highest BCUT2D eigenvalue weighted by molar-refractivity contribution is 5.92. The summed E-state index contributed by atoms with van der Waals surface area (Å²) >= 11 is 0. The van der Waals surface area contributed by atoms with Crippen LogP contribution >= 0.6 is 0 Å². The van der Waals surface area contributed by atoms with Gasteiger partial charge in [-0.15, -0.1) is 10.1 Å². The predicted octanol–water partition coefficient (Wildman–Crippen LogP) is -2.89. The van der Waals surface area contributed by atoms with Crippen LogP contribution in [0.4, 0.5) is 22.7 Å². The van der Waals surface area contributed by atoms with Crippen molar-refractivity contribution < 1.29 is 115 Å². The molecule has 0 amide bonds. The molecule has 40 heteroatoms. The molecule has 4 rings (SSSR count). The van der Waals surface area contributed by atoms with Crippen LogP contribution in [0.25, 0.3) is 0 Å². The van der Waals surface area contributed by atoms with Gasteiger partial charge < -0.3 is 82.2 Å². The van der Waals surface area contributed by atoms with Crippen molar-refractivity contribution in [2.45, 2.75) is 152 Å². The quantitative estimate of drug-likeness (QED) is 0.0106. The standard InChI is InChI=1S/C56H80N14O26/c1-29(2)23-55(63,53(81)93-65-31-9-13-33(14-10-31)69(83)84)91-51(79)43-7-5-19-67(43)95-49(77)41(61)27-89-47(75)39(59)25-87-45(73)37(57)21-35(71)17-18-36(72)22-38(58)46(74)88-26-40(60)48(76)90-28-42(62)50(78)96-68-20-6-8-44(68)52(80)92-56(64,24-30(3)4)54(82)94-66-32-11-15-34(16-12-32)70(85)86/h9-16,29-30,37-44,65-66H,5-8,17-28,57-64H2,1-4H3. The number of hydrogen-bond donors (Lipinski definition) is 10. The number of ether oxygens (including phenoxy) is 6. The van der Waals surface area contributed by atoms with Gasteiger partial charge in [-0.25, -0.2) is 30.1 Å². The fourth-order valence-corrected chi connectivity index (χ4v) is 8.79. The van der Waals surface area contributed by atoms with Crippen LogP contribution in [0, 0.1) is 32.1 Å². The molecular weight excluding hydrogens is 1280 g/mol. The molecule has 2 aromatic rings. The molecule has 0 aromatic heterocycles. The largest absolute Gasteiger partial charge is 0.462 e. The van der Waals surface area contributed by atoms with Crippen molar-refractivity contribution in [2.24, 2.45) is 57.7 Å². The van der Waals surface area contributed by atoms with Crippen LogP contribution in [0.3, 0.4) is 0 Å². The Bertz CT molecular complexity index is 2920. The van der Waals surface area contributed by atoms with Crippen LogP contribution in [0.5, 0.6) is 0 Å². The molecule has 0 bridgehead atoms. The molecule has 2 aromatic carbocycles. The second-order valence-corrected chi connectivity index (χ2v) is 23.0. The zero-order valence-corrected chi connectivity index (χ0v) is 52.7. The van der Waals surface area contributed by atoms with E-state index in [-0.39, 0.29) is 73.4 Å². The molecule has 0 radical (unpaired) electrons. The second kappa shape index (κ2) is 37.0. The van der Waals surface area contributed by atoms with Gasteiger partial charge in [0.2, 0.25) is 0 Å². The Morgan fingerprint density at radius 1 is 0.490 bits per heavy atom. The number of ketones is 2. The Morgan fingerprint density at radius 3 is 1.07 bits per heavy atom. The number of nitrogens with zero attached hydrogens (tertiary/aromatic N) is 4. The molecule has 0 saturated carbocycles. The summed E-state index contributed by atoms with van der Waals surface area (Å²) < 4.78 is 30.7. The van der Waals surface area contributed by atoms with Crippen molar-refractivity contribution in [1.82, 2.24) is 10.1 Å². The highest BCUT2D eigenvalue weighted by atomic mass is 16.7. The van der Waals surface area contributed by atoms with E-state index in [0.29, 0.717) is 12.8 Å². The first-order chi connectivity index (χ1) is 45.0. The van der Waals surface area contributed by atoms with E-state index in [0.717, 1.165) is 34.4 Å². The number of non-ortho nitro benzene ring substituents is 2. The molecule has 530 valence electrons. The maximum Gasteiger partial charge on any atom is 0.390 e. The van der Waals surface area contributed by atoms with E-state index in [4.69, 9.17) is 93.6 Å². The van der Waals surface area contributed by atoms with Gasteiger partial charge in [-0.05, 0) is 61.8 Å². The summed E-state index contributed by atoms with van der Waals surface area (Å²) in [7, 11) is 0.